The highest BCUT2D eigenvalue weighted by Crippen LogP contribution is 2.34. The average Bonchev–Trinajstić information content (AvgIpc) is 2.47. The standard InChI is InChI=1S/C13H18N2O4S/c1-10-2-3-11(12(14-10)15(16)17)19-8-13(9-20)4-6-18-7-5-13/h2-3,20H,4-9H2,1H3. The molecule has 0 aromatic carbocycles. The largest absolute Gasteiger partial charge is 0.485 e. The Morgan fingerprint density at radius 3 is 2.80 bits per heavy atom. The fourth-order valence-corrected chi connectivity index (χ4v) is 2.56. The van der Waals surface area contributed by atoms with Crippen LogP contribution in [0.3, 0.4) is 0 Å². The van der Waals surface area contributed by atoms with Crippen LogP contribution in [0.4, 0.5) is 5.82 Å². The van der Waals surface area contributed by atoms with Crippen LogP contribution >= 0.6 is 12.6 Å². The van der Waals surface area contributed by atoms with Crippen LogP contribution in [-0.2, 0) is 4.74 Å². The molecule has 1 aromatic heterocycles. The van der Waals surface area contributed by atoms with Gasteiger partial charge in [-0.25, -0.2) is 0 Å². The van der Waals surface area contributed by atoms with Crippen LogP contribution < -0.4 is 4.74 Å². The Morgan fingerprint density at radius 2 is 2.20 bits per heavy atom. The molecule has 1 aliphatic rings. The molecule has 0 amide bonds. The van der Waals surface area contributed by atoms with E-state index in [4.69, 9.17) is 9.47 Å². The Morgan fingerprint density at radius 1 is 1.50 bits per heavy atom. The van der Waals surface area contributed by atoms with E-state index in [9.17, 15) is 10.1 Å². The molecule has 7 heteroatoms. The predicted molar refractivity (Wildman–Crippen MR) is 77.5 cm³/mol. The summed E-state index contributed by atoms with van der Waals surface area (Å²) in [6, 6.07) is 3.31. The first-order chi connectivity index (χ1) is 9.56. The summed E-state index contributed by atoms with van der Waals surface area (Å²) in [6.45, 7) is 3.46. The molecule has 0 radical (unpaired) electrons. The second-order valence-electron chi connectivity index (χ2n) is 5.09. The van der Waals surface area contributed by atoms with Gasteiger partial charge in [-0.15, -0.1) is 0 Å². The van der Waals surface area contributed by atoms with E-state index >= 15 is 0 Å². The topological polar surface area (TPSA) is 74.5 Å². The fraction of sp³-hybridized carbons (Fsp3) is 0.615. The van der Waals surface area contributed by atoms with Crippen LogP contribution in [0.15, 0.2) is 12.1 Å². The van der Waals surface area contributed by atoms with Gasteiger partial charge in [-0.1, -0.05) is 0 Å². The Bertz CT molecular complexity index is 489. The SMILES string of the molecule is Cc1ccc(OCC2(CS)CCOCC2)c([N+](=O)[O-])n1. The zero-order chi connectivity index (χ0) is 14.6. The van der Waals surface area contributed by atoms with Crippen molar-refractivity contribution in [1.29, 1.82) is 0 Å². The maximum Gasteiger partial charge on any atom is 0.406 e. The molecule has 110 valence electrons. The lowest BCUT2D eigenvalue weighted by atomic mass is 9.83. The summed E-state index contributed by atoms with van der Waals surface area (Å²) in [7, 11) is 0. The third kappa shape index (κ3) is 3.40. The lowest BCUT2D eigenvalue weighted by Crippen LogP contribution is -2.37. The molecule has 0 N–H and O–H groups in total. The molecule has 20 heavy (non-hydrogen) atoms. The highest BCUT2D eigenvalue weighted by atomic mass is 32.1. The van der Waals surface area contributed by atoms with Gasteiger partial charge < -0.3 is 19.6 Å². The monoisotopic (exact) mass is 298 g/mol. The molecule has 2 rings (SSSR count). The minimum atomic E-state index is -0.514. The first kappa shape index (κ1) is 15.1. The third-order valence-corrected chi connectivity index (χ3v) is 4.25. The lowest BCUT2D eigenvalue weighted by Gasteiger charge is -2.35. The predicted octanol–water partition coefficient (Wildman–Crippen LogP) is 2.40. The van der Waals surface area contributed by atoms with Crippen molar-refractivity contribution >= 4 is 18.4 Å². The smallest absolute Gasteiger partial charge is 0.406 e. The van der Waals surface area contributed by atoms with E-state index < -0.39 is 4.92 Å². The summed E-state index contributed by atoms with van der Waals surface area (Å²) < 4.78 is 11.0. The Kier molecular flexibility index (Phi) is 4.82. The van der Waals surface area contributed by atoms with Crippen LogP contribution in [-0.4, -0.2) is 35.5 Å². The number of thiol groups is 1. The quantitative estimate of drug-likeness (QED) is 0.513. The van der Waals surface area contributed by atoms with E-state index in [2.05, 4.69) is 17.6 Å². The molecule has 0 atom stereocenters. The van der Waals surface area contributed by atoms with E-state index in [0.29, 0.717) is 31.3 Å². The van der Waals surface area contributed by atoms with Gasteiger partial charge in [0.2, 0.25) is 5.75 Å². The number of nitro groups is 1. The van der Waals surface area contributed by atoms with Gasteiger partial charge in [-0.05, 0) is 40.6 Å². The van der Waals surface area contributed by atoms with Crippen molar-refractivity contribution in [3.05, 3.63) is 27.9 Å². The van der Waals surface area contributed by atoms with Crippen LogP contribution in [0.2, 0.25) is 0 Å². The second-order valence-corrected chi connectivity index (χ2v) is 5.41. The molecular weight excluding hydrogens is 280 g/mol. The molecule has 6 nitrogen and oxygen atoms in total. The lowest BCUT2D eigenvalue weighted by molar-refractivity contribution is -0.390. The van der Waals surface area contributed by atoms with E-state index in [0.717, 1.165) is 12.8 Å². The minimum Gasteiger partial charge on any atom is -0.485 e. The van der Waals surface area contributed by atoms with E-state index in [1.807, 2.05) is 0 Å². The first-order valence-electron chi connectivity index (χ1n) is 6.50. The normalized spacial score (nSPS) is 17.7. The molecule has 0 bridgehead atoms. The molecule has 0 spiro atoms. The van der Waals surface area contributed by atoms with Crippen LogP contribution in [0.1, 0.15) is 18.5 Å². The van der Waals surface area contributed by atoms with Crippen molar-refractivity contribution in [3.8, 4) is 5.75 Å². The minimum absolute atomic E-state index is 0.0832. The molecule has 1 fully saturated rings. The Labute approximate surface area is 123 Å². The molecule has 0 saturated carbocycles. The number of hydrogen-bond acceptors (Lipinski definition) is 6. The molecule has 1 aromatic rings. The summed E-state index contributed by atoms with van der Waals surface area (Å²) in [6.07, 6.45) is 1.70. The number of aromatic nitrogens is 1. The van der Waals surface area contributed by atoms with Crippen molar-refractivity contribution in [2.75, 3.05) is 25.6 Å². The average molecular weight is 298 g/mol. The van der Waals surface area contributed by atoms with Gasteiger partial charge in [0.15, 0.2) is 0 Å². The summed E-state index contributed by atoms with van der Waals surface area (Å²) in [5, 5.41) is 11.0. The Hall–Kier alpha value is -1.34. The molecular formula is C13H18N2O4S. The molecule has 2 heterocycles. The van der Waals surface area contributed by atoms with E-state index in [1.165, 1.54) is 0 Å². The molecule has 1 saturated heterocycles. The number of hydrogen-bond donors (Lipinski definition) is 1. The summed E-state index contributed by atoms with van der Waals surface area (Å²) in [5.41, 5.74) is 0.513. The van der Waals surface area contributed by atoms with Gasteiger partial charge in [-0.2, -0.15) is 12.6 Å². The van der Waals surface area contributed by atoms with Crippen molar-refractivity contribution in [3.63, 3.8) is 0 Å². The zero-order valence-corrected chi connectivity index (χ0v) is 12.3. The second kappa shape index (κ2) is 6.41. The van der Waals surface area contributed by atoms with Crippen molar-refractivity contribution in [2.24, 2.45) is 5.41 Å². The summed E-state index contributed by atoms with van der Waals surface area (Å²) in [5.74, 6) is 0.656. The summed E-state index contributed by atoms with van der Waals surface area (Å²) in [4.78, 5) is 14.4. The van der Waals surface area contributed by atoms with Gasteiger partial charge in [0, 0.05) is 25.6 Å². The maximum atomic E-state index is 11.0. The number of ether oxygens (including phenoxy) is 2. The molecule has 1 aliphatic heterocycles. The van der Waals surface area contributed by atoms with Crippen LogP contribution in [0.5, 0.6) is 5.75 Å². The van der Waals surface area contributed by atoms with Crippen LogP contribution in [0.25, 0.3) is 0 Å². The third-order valence-electron chi connectivity index (χ3n) is 3.57. The van der Waals surface area contributed by atoms with Crippen molar-refractivity contribution in [1.82, 2.24) is 4.98 Å². The molecule has 0 unspecified atom stereocenters. The van der Waals surface area contributed by atoms with Gasteiger partial charge in [-0.3, -0.25) is 0 Å². The number of rotatable bonds is 5. The van der Waals surface area contributed by atoms with Gasteiger partial charge in [0.25, 0.3) is 0 Å². The number of nitrogens with zero attached hydrogens (tertiary/aromatic N) is 2. The maximum absolute atomic E-state index is 11.0. The highest BCUT2D eigenvalue weighted by molar-refractivity contribution is 7.80. The zero-order valence-electron chi connectivity index (χ0n) is 11.4. The number of aryl methyl sites for hydroxylation is 1. The van der Waals surface area contributed by atoms with E-state index in [-0.39, 0.29) is 17.0 Å². The van der Waals surface area contributed by atoms with Crippen molar-refractivity contribution < 1.29 is 14.4 Å². The van der Waals surface area contributed by atoms with Crippen molar-refractivity contribution in [2.45, 2.75) is 19.8 Å². The van der Waals surface area contributed by atoms with Crippen LogP contribution in [0, 0.1) is 22.5 Å². The summed E-state index contributed by atoms with van der Waals surface area (Å²) >= 11 is 4.39. The van der Waals surface area contributed by atoms with E-state index in [1.54, 1.807) is 19.1 Å². The van der Waals surface area contributed by atoms with Gasteiger partial charge >= 0.3 is 5.82 Å². The van der Waals surface area contributed by atoms with Gasteiger partial charge in [0.05, 0.1) is 6.61 Å². The first-order valence-corrected chi connectivity index (χ1v) is 7.13. The molecule has 0 aliphatic carbocycles. The highest BCUT2D eigenvalue weighted by Gasteiger charge is 2.33. The number of pyridine rings is 1. The fourth-order valence-electron chi connectivity index (χ4n) is 2.16. The van der Waals surface area contributed by atoms with Gasteiger partial charge in [0.1, 0.15) is 5.69 Å². The Balaban J connectivity index is 2.11.